The molecule has 1 saturated carbocycles. The van der Waals surface area contributed by atoms with E-state index < -0.39 is 0 Å². The predicted octanol–water partition coefficient (Wildman–Crippen LogP) is 3.30. The van der Waals surface area contributed by atoms with E-state index in [0.717, 1.165) is 35.9 Å². The van der Waals surface area contributed by atoms with Crippen LogP contribution in [0.15, 0.2) is 9.27 Å². The zero-order valence-electron chi connectivity index (χ0n) is 10.1. The van der Waals surface area contributed by atoms with Crippen LogP contribution in [-0.4, -0.2) is 15.7 Å². The largest absolute Gasteiger partial charge is 0.309 e. The Kier molecular flexibility index (Phi) is 4.31. The average molecular weight is 317 g/mol. The number of thioether (sulfide) groups is 1. The zero-order chi connectivity index (χ0) is 12.4. The van der Waals surface area contributed by atoms with Crippen LogP contribution in [0.4, 0.5) is 0 Å². The van der Waals surface area contributed by atoms with Gasteiger partial charge in [0.05, 0.1) is 11.4 Å². The van der Waals surface area contributed by atoms with E-state index in [1.54, 1.807) is 0 Å². The molecule has 3 nitrogen and oxygen atoms in total. The fourth-order valence-corrected chi connectivity index (χ4v) is 3.04. The minimum atomic E-state index is -0.0398. The van der Waals surface area contributed by atoms with E-state index >= 15 is 0 Å². The van der Waals surface area contributed by atoms with Gasteiger partial charge in [0.25, 0.3) is 5.56 Å². The van der Waals surface area contributed by atoms with Crippen LogP contribution < -0.4 is 5.56 Å². The van der Waals surface area contributed by atoms with Crippen molar-refractivity contribution in [3.05, 3.63) is 26.3 Å². The fraction of sp³-hybridized carbons (Fsp3) is 0.667. The van der Waals surface area contributed by atoms with Crippen molar-refractivity contribution in [3.8, 4) is 0 Å². The quantitative estimate of drug-likeness (QED) is 0.906. The van der Waals surface area contributed by atoms with Crippen molar-refractivity contribution in [1.82, 2.24) is 9.97 Å². The van der Waals surface area contributed by atoms with E-state index in [-0.39, 0.29) is 5.56 Å². The normalized spacial score (nSPS) is 15.5. The van der Waals surface area contributed by atoms with E-state index in [4.69, 9.17) is 0 Å². The van der Waals surface area contributed by atoms with Crippen molar-refractivity contribution in [2.75, 3.05) is 5.75 Å². The van der Waals surface area contributed by atoms with Crippen LogP contribution in [0.2, 0.25) is 0 Å². The van der Waals surface area contributed by atoms with Crippen LogP contribution in [-0.2, 0) is 5.75 Å². The summed E-state index contributed by atoms with van der Waals surface area (Å²) in [4.78, 5) is 19.1. The molecule has 1 aromatic rings. The summed E-state index contributed by atoms with van der Waals surface area (Å²) in [6, 6.07) is 0. The van der Waals surface area contributed by atoms with Crippen LogP contribution >= 0.6 is 27.7 Å². The second kappa shape index (κ2) is 5.57. The number of halogens is 1. The van der Waals surface area contributed by atoms with E-state index in [9.17, 15) is 4.79 Å². The second-order valence-corrected chi connectivity index (χ2v) is 6.72. The van der Waals surface area contributed by atoms with Gasteiger partial charge in [-0.1, -0.05) is 13.8 Å². The Morgan fingerprint density at radius 3 is 2.82 bits per heavy atom. The van der Waals surface area contributed by atoms with Crippen molar-refractivity contribution >= 4 is 27.7 Å². The van der Waals surface area contributed by atoms with E-state index in [0.29, 0.717) is 16.3 Å². The molecule has 0 spiro atoms. The number of hydrogen-bond acceptors (Lipinski definition) is 3. The average Bonchev–Trinajstić information content (AvgIpc) is 3.06. The highest BCUT2D eigenvalue weighted by molar-refractivity contribution is 9.10. The zero-order valence-corrected chi connectivity index (χ0v) is 12.5. The molecule has 1 aliphatic rings. The molecule has 0 unspecified atom stereocenters. The van der Waals surface area contributed by atoms with Gasteiger partial charge >= 0.3 is 0 Å². The van der Waals surface area contributed by atoms with Gasteiger partial charge < -0.3 is 4.98 Å². The van der Waals surface area contributed by atoms with Gasteiger partial charge in [-0.25, -0.2) is 4.98 Å². The summed E-state index contributed by atoms with van der Waals surface area (Å²) >= 11 is 5.16. The third-order valence-electron chi connectivity index (χ3n) is 2.59. The summed E-state index contributed by atoms with van der Waals surface area (Å²) in [7, 11) is 0. The van der Waals surface area contributed by atoms with Gasteiger partial charge in [-0.3, -0.25) is 4.79 Å². The van der Waals surface area contributed by atoms with Gasteiger partial charge in [0, 0.05) is 5.92 Å². The third kappa shape index (κ3) is 3.58. The fourth-order valence-electron chi connectivity index (χ4n) is 1.61. The minimum Gasteiger partial charge on any atom is -0.309 e. The molecular formula is C12H17BrN2OS. The summed E-state index contributed by atoms with van der Waals surface area (Å²) in [6.45, 7) is 4.39. The van der Waals surface area contributed by atoms with Crippen LogP contribution in [0, 0.1) is 5.92 Å². The summed E-state index contributed by atoms with van der Waals surface area (Å²) < 4.78 is 0.623. The number of hydrogen-bond donors (Lipinski definition) is 1. The topological polar surface area (TPSA) is 45.8 Å². The predicted molar refractivity (Wildman–Crippen MR) is 75.5 cm³/mol. The molecule has 2 rings (SSSR count). The van der Waals surface area contributed by atoms with Crippen molar-refractivity contribution in [2.45, 2.75) is 38.4 Å². The first-order valence-corrected chi connectivity index (χ1v) is 7.89. The number of rotatable bonds is 5. The standard InChI is InChI=1S/C12H17BrN2OS/c1-7(2)5-17-6-9-14-11(8-3-4-8)10(13)12(16)15-9/h7-8H,3-6H2,1-2H3,(H,14,15,16). The maximum atomic E-state index is 11.7. The molecular weight excluding hydrogens is 300 g/mol. The molecule has 1 heterocycles. The molecule has 1 N–H and O–H groups in total. The number of aromatic amines is 1. The lowest BCUT2D eigenvalue weighted by atomic mass is 10.3. The molecule has 17 heavy (non-hydrogen) atoms. The first kappa shape index (κ1) is 13.1. The Morgan fingerprint density at radius 1 is 1.53 bits per heavy atom. The van der Waals surface area contributed by atoms with Crippen molar-refractivity contribution < 1.29 is 0 Å². The third-order valence-corrected chi connectivity index (χ3v) is 4.74. The lowest BCUT2D eigenvalue weighted by molar-refractivity contribution is 0.749. The minimum absolute atomic E-state index is 0.0398. The molecule has 0 bridgehead atoms. The first-order chi connectivity index (χ1) is 8.08. The highest BCUT2D eigenvalue weighted by Gasteiger charge is 2.28. The van der Waals surface area contributed by atoms with E-state index in [1.807, 2.05) is 11.8 Å². The summed E-state index contributed by atoms with van der Waals surface area (Å²) in [5, 5.41) is 0. The van der Waals surface area contributed by atoms with Gasteiger partial charge in [0.15, 0.2) is 0 Å². The van der Waals surface area contributed by atoms with E-state index in [1.165, 1.54) is 0 Å². The Labute approximate surface area is 114 Å². The maximum absolute atomic E-state index is 11.7. The molecule has 0 amide bonds. The smallest absolute Gasteiger partial charge is 0.265 e. The van der Waals surface area contributed by atoms with Crippen molar-refractivity contribution in [3.63, 3.8) is 0 Å². The van der Waals surface area contributed by atoms with Crippen LogP contribution in [0.1, 0.15) is 44.1 Å². The Balaban J connectivity index is 2.09. The Morgan fingerprint density at radius 2 is 2.24 bits per heavy atom. The van der Waals surface area contributed by atoms with Gasteiger partial charge in [-0.15, -0.1) is 0 Å². The second-order valence-electron chi connectivity index (χ2n) is 4.90. The summed E-state index contributed by atoms with van der Waals surface area (Å²) in [5.41, 5.74) is 0.913. The molecule has 0 radical (unpaired) electrons. The van der Waals surface area contributed by atoms with Crippen LogP contribution in [0.25, 0.3) is 0 Å². The molecule has 5 heteroatoms. The lowest BCUT2D eigenvalue weighted by Crippen LogP contribution is -2.15. The highest BCUT2D eigenvalue weighted by Crippen LogP contribution is 2.41. The summed E-state index contributed by atoms with van der Waals surface area (Å²) in [6.07, 6.45) is 2.32. The van der Waals surface area contributed by atoms with Gasteiger partial charge in [-0.05, 0) is 40.4 Å². The van der Waals surface area contributed by atoms with Gasteiger partial charge in [0.2, 0.25) is 0 Å². The van der Waals surface area contributed by atoms with Gasteiger partial charge in [-0.2, -0.15) is 11.8 Å². The molecule has 1 aliphatic carbocycles. The number of nitrogens with one attached hydrogen (secondary N) is 1. The highest BCUT2D eigenvalue weighted by atomic mass is 79.9. The molecule has 0 saturated heterocycles. The monoisotopic (exact) mass is 316 g/mol. The number of H-pyrrole nitrogens is 1. The molecule has 0 atom stereocenters. The van der Waals surface area contributed by atoms with Crippen molar-refractivity contribution in [1.29, 1.82) is 0 Å². The van der Waals surface area contributed by atoms with Crippen LogP contribution in [0.5, 0.6) is 0 Å². The molecule has 0 aliphatic heterocycles. The Bertz CT molecular complexity index is 454. The van der Waals surface area contributed by atoms with Crippen LogP contribution in [0.3, 0.4) is 0 Å². The number of aromatic nitrogens is 2. The lowest BCUT2D eigenvalue weighted by Gasteiger charge is -2.07. The number of nitrogens with zero attached hydrogens (tertiary/aromatic N) is 1. The maximum Gasteiger partial charge on any atom is 0.265 e. The van der Waals surface area contributed by atoms with E-state index in [2.05, 4.69) is 39.7 Å². The summed E-state index contributed by atoms with van der Waals surface area (Å²) in [5.74, 6) is 3.87. The van der Waals surface area contributed by atoms with Crippen molar-refractivity contribution in [2.24, 2.45) is 5.92 Å². The Hall–Kier alpha value is -0.290. The molecule has 1 aromatic heterocycles. The first-order valence-electron chi connectivity index (χ1n) is 5.94. The molecule has 94 valence electrons. The SMILES string of the molecule is CC(C)CSCc1nc(C2CC2)c(Br)c(=O)[nH]1. The molecule has 0 aromatic carbocycles. The molecule has 1 fully saturated rings. The van der Waals surface area contributed by atoms with Gasteiger partial charge in [0.1, 0.15) is 10.3 Å².